The molecule has 0 aromatic heterocycles. The highest BCUT2D eigenvalue weighted by molar-refractivity contribution is 5.71. The molecule has 0 saturated heterocycles. The maximum atomic E-state index is 12.8. The van der Waals surface area contributed by atoms with Gasteiger partial charge < -0.3 is 14.2 Å². The first kappa shape index (κ1) is 68.4. The van der Waals surface area contributed by atoms with Crippen LogP contribution in [0.5, 0.6) is 0 Å². The number of unbranched alkanes of at least 4 members (excludes halogenated alkanes) is 49. The minimum absolute atomic E-state index is 0.0612. The van der Waals surface area contributed by atoms with Gasteiger partial charge in [-0.3, -0.25) is 14.4 Å². The molecule has 1 atom stereocenters. The summed E-state index contributed by atoms with van der Waals surface area (Å²) < 4.78 is 16.9. The van der Waals surface area contributed by atoms with Gasteiger partial charge in [0.1, 0.15) is 13.2 Å². The average Bonchev–Trinajstić information content (AvgIpc) is 3.36. The van der Waals surface area contributed by atoms with Crippen LogP contribution in [-0.4, -0.2) is 37.2 Å². The van der Waals surface area contributed by atoms with Crippen LogP contribution < -0.4 is 0 Å². The number of carbonyl (C=O) groups is 3. The number of carbonyl (C=O) groups excluding carboxylic acids is 3. The molecule has 1 unspecified atom stereocenters. The van der Waals surface area contributed by atoms with Crippen molar-refractivity contribution in [3.05, 3.63) is 0 Å². The van der Waals surface area contributed by atoms with Gasteiger partial charge in [-0.15, -0.1) is 0 Å². The molecule has 70 heavy (non-hydrogen) atoms. The normalized spacial score (nSPS) is 11.9. The molecule has 0 bridgehead atoms. The van der Waals surface area contributed by atoms with E-state index in [1.807, 2.05) is 0 Å². The van der Waals surface area contributed by atoms with Crippen LogP contribution in [0.4, 0.5) is 0 Å². The molecule has 0 fully saturated rings. The quantitative estimate of drug-likeness (QED) is 0.0343. The lowest BCUT2D eigenvalue weighted by atomic mass is 10.0. The minimum atomic E-state index is -0.761. The second-order valence-corrected chi connectivity index (χ2v) is 22.1. The van der Waals surface area contributed by atoms with Crippen LogP contribution in [0.3, 0.4) is 0 Å². The van der Waals surface area contributed by atoms with Gasteiger partial charge >= 0.3 is 17.9 Å². The smallest absolute Gasteiger partial charge is 0.306 e. The molecular weight excluding hydrogens is 865 g/mol. The standard InChI is InChI=1S/C64H124O6/c1-4-7-10-13-16-19-21-23-25-26-27-28-29-30-31-32-33-34-35-36-37-39-40-42-45-48-51-54-57-63(66)69-60-61(59-68-62(65)56-53-50-47-44-18-15-12-9-6-3)70-64(67)58-55-52-49-46-43-41-38-24-22-20-17-14-11-8-5-2/h61H,4-60H2,1-3H3. The molecule has 0 spiro atoms. The Morgan fingerprint density at radius 3 is 0.571 bits per heavy atom. The van der Waals surface area contributed by atoms with Gasteiger partial charge in [-0.2, -0.15) is 0 Å². The molecule has 416 valence electrons. The van der Waals surface area contributed by atoms with Crippen LogP contribution in [0.25, 0.3) is 0 Å². The second kappa shape index (κ2) is 60.0. The van der Waals surface area contributed by atoms with Gasteiger partial charge in [0.05, 0.1) is 0 Å². The summed E-state index contributed by atoms with van der Waals surface area (Å²) in [5.41, 5.74) is 0. The molecule has 6 heteroatoms. The summed E-state index contributed by atoms with van der Waals surface area (Å²) in [5.74, 6) is -0.834. The topological polar surface area (TPSA) is 78.9 Å². The predicted octanol–water partition coefficient (Wildman–Crippen LogP) is 21.5. The monoisotopic (exact) mass is 989 g/mol. The molecule has 0 aliphatic heterocycles. The van der Waals surface area contributed by atoms with E-state index in [4.69, 9.17) is 14.2 Å². The molecule has 0 aliphatic carbocycles. The van der Waals surface area contributed by atoms with Crippen molar-refractivity contribution in [3.8, 4) is 0 Å². The van der Waals surface area contributed by atoms with E-state index in [-0.39, 0.29) is 31.1 Å². The Morgan fingerprint density at radius 1 is 0.229 bits per heavy atom. The summed E-state index contributed by atoms with van der Waals surface area (Å²) >= 11 is 0. The van der Waals surface area contributed by atoms with Crippen molar-refractivity contribution in [3.63, 3.8) is 0 Å². The number of hydrogen-bond acceptors (Lipinski definition) is 6. The van der Waals surface area contributed by atoms with Crippen molar-refractivity contribution in [2.24, 2.45) is 0 Å². The fourth-order valence-electron chi connectivity index (χ4n) is 10.0. The molecule has 0 aliphatic rings. The third-order valence-corrected chi connectivity index (χ3v) is 14.9. The lowest BCUT2D eigenvalue weighted by molar-refractivity contribution is -0.167. The highest BCUT2D eigenvalue weighted by Crippen LogP contribution is 2.19. The predicted molar refractivity (Wildman–Crippen MR) is 303 cm³/mol. The van der Waals surface area contributed by atoms with E-state index in [9.17, 15) is 14.4 Å². The van der Waals surface area contributed by atoms with Crippen molar-refractivity contribution in [2.45, 2.75) is 380 Å². The van der Waals surface area contributed by atoms with E-state index >= 15 is 0 Å². The third-order valence-electron chi connectivity index (χ3n) is 14.9. The summed E-state index contributed by atoms with van der Waals surface area (Å²) in [6, 6.07) is 0. The second-order valence-electron chi connectivity index (χ2n) is 22.1. The average molecular weight is 990 g/mol. The Kier molecular flexibility index (Phi) is 58.6. The maximum Gasteiger partial charge on any atom is 0.306 e. The molecule has 0 N–H and O–H groups in total. The van der Waals surface area contributed by atoms with E-state index < -0.39 is 6.10 Å². The summed E-state index contributed by atoms with van der Waals surface area (Å²) in [4.78, 5) is 38.1. The zero-order valence-electron chi connectivity index (χ0n) is 47.8. The van der Waals surface area contributed by atoms with Crippen LogP contribution in [0.1, 0.15) is 374 Å². The zero-order chi connectivity index (χ0) is 50.7. The largest absolute Gasteiger partial charge is 0.462 e. The van der Waals surface area contributed by atoms with E-state index in [0.29, 0.717) is 19.3 Å². The molecule has 0 rings (SSSR count). The summed E-state index contributed by atoms with van der Waals surface area (Å²) in [6.07, 6.45) is 68.5. The van der Waals surface area contributed by atoms with Crippen molar-refractivity contribution in [1.29, 1.82) is 0 Å². The van der Waals surface area contributed by atoms with E-state index in [1.165, 1.54) is 276 Å². The van der Waals surface area contributed by atoms with Gasteiger partial charge in [-0.1, -0.05) is 335 Å². The van der Waals surface area contributed by atoms with Crippen LogP contribution in [0.2, 0.25) is 0 Å². The number of rotatable bonds is 60. The van der Waals surface area contributed by atoms with Crippen molar-refractivity contribution >= 4 is 17.9 Å². The Balaban J connectivity index is 4.04. The van der Waals surface area contributed by atoms with Gasteiger partial charge in [0.25, 0.3) is 0 Å². The van der Waals surface area contributed by atoms with Gasteiger partial charge in [0.2, 0.25) is 0 Å². The lowest BCUT2D eigenvalue weighted by Gasteiger charge is -2.18. The Labute approximate surface area is 438 Å². The van der Waals surface area contributed by atoms with Gasteiger partial charge in [-0.25, -0.2) is 0 Å². The van der Waals surface area contributed by atoms with Crippen LogP contribution in [0, 0.1) is 0 Å². The molecule has 0 heterocycles. The van der Waals surface area contributed by atoms with E-state index in [0.717, 1.165) is 57.8 Å². The number of esters is 3. The fraction of sp³-hybridized carbons (Fsp3) is 0.953. The molecule has 0 saturated carbocycles. The lowest BCUT2D eigenvalue weighted by Crippen LogP contribution is -2.30. The maximum absolute atomic E-state index is 12.8. The Bertz CT molecular complexity index is 1040. The van der Waals surface area contributed by atoms with Crippen LogP contribution >= 0.6 is 0 Å². The SMILES string of the molecule is CCCCCCCCCCCCCCCCCCCCCCCCCCCCCCC(=O)OCC(COC(=O)CCCCCCCCCCC)OC(=O)CCCCCCCCCCCCCCCCC. The van der Waals surface area contributed by atoms with E-state index in [2.05, 4.69) is 20.8 Å². The zero-order valence-corrected chi connectivity index (χ0v) is 47.8. The molecular formula is C64H124O6. The first-order chi connectivity index (χ1) is 34.5. The molecule has 0 amide bonds. The molecule has 0 aromatic rings. The van der Waals surface area contributed by atoms with Crippen LogP contribution in [-0.2, 0) is 28.6 Å². The van der Waals surface area contributed by atoms with Gasteiger partial charge in [0, 0.05) is 19.3 Å². The summed E-state index contributed by atoms with van der Waals surface area (Å²) in [5, 5.41) is 0. The molecule has 6 nitrogen and oxygen atoms in total. The highest BCUT2D eigenvalue weighted by Gasteiger charge is 2.19. The van der Waals surface area contributed by atoms with E-state index in [1.54, 1.807) is 0 Å². The summed E-state index contributed by atoms with van der Waals surface area (Å²) in [6.45, 7) is 6.70. The minimum Gasteiger partial charge on any atom is -0.462 e. The first-order valence-corrected chi connectivity index (χ1v) is 32.0. The fourth-order valence-corrected chi connectivity index (χ4v) is 10.0. The molecule has 0 radical (unpaired) electrons. The molecule has 0 aromatic carbocycles. The first-order valence-electron chi connectivity index (χ1n) is 32.0. The Hall–Kier alpha value is -1.59. The van der Waals surface area contributed by atoms with Crippen molar-refractivity contribution in [2.75, 3.05) is 13.2 Å². The highest BCUT2D eigenvalue weighted by atomic mass is 16.6. The van der Waals surface area contributed by atoms with Gasteiger partial charge in [0.15, 0.2) is 6.10 Å². The number of hydrogen-bond donors (Lipinski definition) is 0. The van der Waals surface area contributed by atoms with Crippen molar-refractivity contribution in [1.82, 2.24) is 0 Å². The van der Waals surface area contributed by atoms with Crippen molar-refractivity contribution < 1.29 is 28.6 Å². The van der Waals surface area contributed by atoms with Crippen LogP contribution in [0.15, 0.2) is 0 Å². The Morgan fingerprint density at radius 2 is 0.386 bits per heavy atom. The number of ether oxygens (including phenoxy) is 3. The van der Waals surface area contributed by atoms with Gasteiger partial charge in [-0.05, 0) is 19.3 Å². The third kappa shape index (κ3) is 57.3. The summed E-state index contributed by atoms with van der Waals surface area (Å²) in [7, 11) is 0.